The van der Waals surface area contributed by atoms with Crippen LogP contribution in [0.15, 0.2) is 15.7 Å². The Hall–Kier alpha value is -1.85. The van der Waals surface area contributed by atoms with E-state index in [0.29, 0.717) is 0 Å². The highest BCUT2D eigenvalue weighted by Crippen LogP contribution is 2.18. The second-order valence-electron chi connectivity index (χ2n) is 3.43. The van der Waals surface area contributed by atoms with Gasteiger partial charge in [-0.25, -0.2) is 4.79 Å². The number of nitrogens with one attached hydrogen (secondary N) is 2. The van der Waals surface area contributed by atoms with Crippen LogP contribution in [0.3, 0.4) is 0 Å². The second kappa shape index (κ2) is 3.13. The molecule has 1 heterocycles. The number of aromatic nitrogens is 2. The van der Waals surface area contributed by atoms with Crippen molar-refractivity contribution in [3.05, 3.63) is 32.6 Å². The number of hydrogen-bond donors (Lipinski definition) is 3. The summed E-state index contributed by atoms with van der Waals surface area (Å²) in [7, 11) is 0. The summed E-state index contributed by atoms with van der Waals surface area (Å²) in [6, 6.07) is 1.06. The summed E-state index contributed by atoms with van der Waals surface area (Å²) >= 11 is 0. The molecule has 0 spiro atoms. The Morgan fingerprint density at radius 1 is 1.36 bits per heavy atom. The number of aliphatic carboxylic acids is 1. The molecule has 0 saturated carbocycles. The summed E-state index contributed by atoms with van der Waals surface area (Å²) in [4.78, 5) is 36.8. The van der Waals surface area contributed by atoms with E-state index in [9.17, 15) is 14.4 Å². The maximum Gasteiger partial charge on any atom is 0.325 e. The number of carboxylic acids is 1. The van der Waals surface area contributed by atoms with Crippen molar-refractivity contribution in [2.75, 3.05) is 0 Å². The maximum atomic E-state index is 10.9. The van der Waals surface area contributed by atoms with E-state index < -0.39 is 22.6 Å². The van der Waals surface area contributed by atoms with Crippen LogP contribution in [-0.4, -0.2) is 21.0 Å². The molecular formula is C8H10N2O4. The number of rotatable bonds is 2. The van der Waals surface area contributed by atoms with Crippen LogP contribution in [0.4, 0.5) is 0 Å². The smallest absolute Gasteiger partial charge is 0.325 e. The normalized spacial score (nSPS) is 11.3. The molecule has 0 aliphatic rings. The molecule has 6 heteroatoms. The van der Waals surface area contributed by atoms with Crippen LogP contribution in [0.5, 0.6) is 0 Å². The van der Waals surface area contributed by atoms with E-state index in [0.717, 1.165) is 6.07 Å². The van der Waals surface area contributed by atoms with Gasteiger partial charge in [-0.3, -0.25) is 14.6 Å². The topological polar surface area (TPSA) is 103 Å². The highest BCUT2D eigenvalue weighted by Gasteiger charge is 2.30. The third kappa shape index (κ3) is 1.73. The minimum Gasteiger partial charge on any atom is -0.481 e. The van der Waals surface area contributed by atoms with Crippen LogP contribution in [0.1, 0.15) is 19.5 Å². The maximum absolute atomic E-state index is 10.9. The standard InChI is InChI=1S/C8H10N2O4/c1-8(2,6(12)13)4-3-5(11)10-7(14)9-4/h3H,1-2H3,(H,12,13)(H2,9,10,11,14). The van der Waals surface area contributed by atoms with Gasteiger partial charge in [-0.1, -0.05) is 0 Å². The summed E-state index contributed by atoms with van der Waals surface area (Å²) in [6.07, 6.45) is 0. The fraction of sp³-hybridized carbons (Fsp3) is 0.375. The Morgan fingerprint density at radius 3 is 2.36 bits per heavy atom. The first-order chi connectivity index (χ1) is 6.34. The molecule has 0 saturated heterocycles. The Bertz CT molecular complexity index is 440. The van der Waals surface area contributed by atoms with E-state index in [1.807, 2.05) is 4.98 Å². The lowest BCUT2D eigenvalue weighted by molar-refractivity contribution is -0.142. The van der Waals surface area contributed by atoms with Gasteiger partial charge in [0.15, 0.2) is 0 Å². The monoisotopic (exact) mass is 198 g/mol. The molecule has 76 valence electrons. The molecule has 0 aliphatic carbocycles. The highest BCUT2D eigenvalue weighted by molar-refractivity contribution is 5.79. The molecule has 0 atom stereocenters. The fourth-order valence-electron chi connectivity index (χ4n) is 0.921. The summed E-state index contributed by atoms with van der Waals surface area (Å²) in [6.45, 7) is 2.81. The zero-order chi connectivity index (χ0) is 10.9. The number of hydrogen-bond acceptors (Lipinski definition) is 3. The molecule has 0 aliphatic heterocycles. The first-order valence-electron chi connectivity index (χ1n) is 3.91. The lowest BCUT2D eigenvalue weighted by Crippen LogP contribution is -2.35. The van der Waals surface area contributed by atoms with E-state index in [1.165, 1.54) is 13.8 Å². The summed E-state index contributed by atoms with van der Waals surface area (Å²) in [5, 5.41) is 8.84. The van der Waals surface area contributed by atoms with Gasteiger partial charge in [-0.2, -0.15) is 0 Å². The zero-order valence-corrected chi connectivity index (χ0v) is 7.75. The quantitative estimate of drug-likeness (QED) is 0.591. The molecule has 1 rings (SSSR count). The van der Waals surface area contributed by atoms with Crippen molar-refractivity contribution in [1.82, 2.24) is 9.97 Å². The van der Waals surface area contributed by atoms with Crippen LogP contribution in [-0.2, 0) is 10.2 Å². The lowest BCUT2D eigenvalue weighted by atomic mass is 9.89. The van der Waals surface area contributed by atoms with Crippen LogP contribution < -0.4 is 11.2 Å². The van der Waals surface area contributed by atoms with E-state index >= 15 is 0 Å². The van der Waals surface area contributed by atoms with Crippen molar-refractivity contribution < 1.29 is 9.90 Å². The van der Waals surface area contributed by atoms with Crippen molar-refractivity contribution >= 4 is 5.97 Å². The Balaban J connectivity index is 3.40. The molecular weight excluding hydrogens is 188 g/mol. The molecule has 1 aromatic rings. The Kier molecular flexibility index (Phi) is 2.29. The first-order valence-corrected chi connectivity index (χ1v) is 3.91. The summed E-state index contributed by atoms with van der Waals surface area (Å²) in [5.41, 5.74) is -2.52. The van der Waals surface area contributed by atoms with Crippen LogP contribution in [0, 0.1) is 0 Å². The van der Waals surface area contributed by atoms with Gasteiger partial charge in [0.2, 0.25) is 0 Å². The minimum absolute atomic E-state index is 0.0822. The minimum atomic E-state index is -1.28. The first kappa shape index (κ1) is 10.2. The van der Waals surface area contributed by atoms with E-state index in [4.69, 9.17) is 5.11 Å². The number of aromatic amines is 2. The van der Waals surface area contributed by atoms with Gasteiger partial charge in [-0.15, -0.1) is 0 Å². The molecule has 1 aromatic heterocycles. The average Bonchev–Trinajstić information content (AvgIpc) is 2.01. The average molecular weight is 198 g/mol. The molecule has 0 bridgehead atoms. The van der Waals surface area contributed by atoms with Crippen LogP contribution >= 0.6 is 0 Å². The molecule has 0 unspecified atom stereocenters. The molecule has 3 N–H and O–H groups in total. The van der Waals surface area contributed by atoms with Gasteiger partial charge >= 0.3 is 11.7 Å². The Labute approximate surface area is 78.6 Å². The molecule has 0 amide bonds. The van der Waals surface area contributed by atoms with E-state index in [1.54, 1.807) is 0 Å². The van der Waals surface area contributed by atoms with E-state index in [-0.39, 0.29) is 5.69 Å². The largest absolute Gasteiger partial charge is 0.481 e. The third-order valence-electron chi connectivity index (χ3n) is 1.97. The molecule has 14 heavy (non-hydrogen) atoms. The van der Waals surface area contributed by atoms with Crippen molar-refractivity contribution in [2.45, 2.75) is 19.3 Å². The van der Waals surface area contributed by atoms with Crippen molar-refractivity contribution in [3.63, 3.8) is 0 Å². The van der Waals surface area contributed by atoms with E-state index in [2.05, 4.69) is 4.98 Å². The van der Waals surface area contributed by atoms with Gasteiger partial charge in [0.1, 0.15) is 5.41 Å². The van der Waals surface area contributed by atoms with Gasteiger partial charge in [0, 0.05) is 11.8 Å². The van der Waals surface area contributed by atoms with Gasteiger partial charge in [-0.05, 0) is 13.8 Å². The second-order valence-corrected chi connectivity index (χ2v) is 3.43. The molecule has 6 nitrogen and oxygen atoms in total. The summed E-state index contributed by atoms with van der Waals surface area (Å²) in [5.74, 6) is -1.11. The number of carboxylic acid groups (broad SMARTS) is 1. The van der Waals surface area contributed by atoms with Gasteiger partial charge < -0.3 is 10.1 Å². The summed E-state index contributed by atoms with van der Waals surface area (Å²) < 4.78 is 0. The van der Waals surface area contributed by atoms with Gasteiger partial charge in [0.25, 0.3) is 5.56 Å². The zero-order valence-electron chi connectivity index (χ0n) is 7.75. The highest BCUT2D eigenvalue weighted by atomic mass is 16.4. The third-order valence-corrected chi connectivity index (χ3v) is 1.97. The van der Waals surface area contributed by atoms with Gasteiger partial charge in [0.05, 0.1) is 0 Å². The fourth-order valence-corrected chi connectivity index (χ4v) is 0.921. The number of carbonyl (C=O) groups is 1. The predicted octanol–water partition coefficient (Wildman–Crippen LogP) is -0.575. The lowest BCUT2D eigenvalue weighted by Gasteiger charge is -2.17. The number of H-pyrrole nitrogens is 2. The molecule has 0 radical (unpaired) electrons. The Morgan fingerprint density at radius 2 is 1.93 bits per heavy atom. The van der Waals surface area contributed by atoms with Crippen LogP contribution in [0.25, 0.3) is 0 Å². The molecule has 0 fully saturated rings. The van der Waals surface area contributed by atoms with Crippen molar-refractivity contribution in [2.24, 2.45) is 0 Å². The SMILES string of the molecule is CC(C)(C(=O)O)c1cc(=O)[nH]c(=O)[nH]1. The van der Waals surface area contributed by atoms with Crippen molar-refractivity contribution in [3.8, 4) is 0 Å². The predicted molar refractivity (Wildman–Crippen MR) is 48.3 cm³/mol. The van der Waals surface area contributed by atoms with Crippen LogP contribution in [0.2, 0.25) is 0 Å². The molecule has 0 aromatic carbocycles. The van der Waals surface area contributed by atoms with Crippen molar-refractivity contribution in [1.29, 1.82) is 0 Å².